The summed E-state index contributed by atoms with van der Waals surface area (Å²) in [6, 6.07) is 17.8. The maximum Gasteiger partial charge on any atom is 0.331 e. The summed E-state index contributed by atoms with van der Waals surface area (Å²) in [4.78, 5) is 11.2. The van der Waals surface area contributed by atoms with Gasteiger partial charge in [0.25, 0.3) is 0 Å². The van der Waals surface area contributed by atoms with Crippen LogP contribution in [0.3, 0.4) is 0 Å². The number of benzene rings is 2. The number of aliphatic carboxylic acids is 1. The standard InChI is InChI=1S/C23H29NO4/c1-16(21(25)26)14-20(24-22(27)28-23(2,3)4)15-17-10-12-19(13-11-17)18-8-6-5-7-9-18/h5-14,20,22,24,27H,15H2,1-4H3,(H,25,26)/b16-14-. The monoisotopic (exact) mass is 383 g/mol. The smallest absolute Gasteiger partial charge is 0.331 e. The predicted molar refractivity (Wildman–Crippen MR) is 111 cm³/mol. The van der Waals surface area contributed by atoms with Crippen LogP contribution >= 0.6 is 0 Å². The first-order valence-electron chi connectivity index (χ1n) is 9.32. The molecule has 0 heterocycles. The molecule has 0 bridgehead atoms. The number of carbonyl (C=O) groups is 1. The molecule has 0 amide bonds. The fourth-order valence-corrected chi connectivity index (χ4v) is 2.81. The lowest BCUT2D eigenvalue weighted by atomic mass is 9.99. The number of carboxylic acids is 1. The van der Waals surface area contributed by atoms with E-state index in [1.54, 1.807) is 6.08 Å². The Hall–Kier alpha value is -2.47. The van der Waals surface area contributed by atoms with Gasteiger partial charge in [0, 0.05) is 11.6 Å². The molecule has 0 fully saturated rings. The molecule has 2 rings (SSSR count). The molecule has 0 radical (unpaired) electrons. The molecule has 0 aromatic heterocycles. The highest BCUT2D eigenvalue weighted by atomic mass is 16.6. The molecule has 0 aliphatic rings. The van der Waals surface area contributed by atoms with Crippen LogP contribution in [0, 0.1) is 0 Å². The van der Waals surface area contributed by atoms with E-state index in [0.717, 1.165) is 16.7 Å². The quantitative estimate of drug-likeness (QED) is 0.475. The number of nitrogens with one attached hydrogen (secondary N) is 1. The maximum atomic E-state index is 11.2. The fourth-order valence-electron chi connectivity index (χ4n) is 2.81. The molecule has 2 atom stereocenters. The zero-order chi connectivity index (χ0) is 20.7. The third-order valence-electron chi connectivity index (χ3n) is 4.13. The summed E-state index contributed by atoms with van der Waals surface area (Å²) in [5.74, 6) is -0.988. The molecule has 2 unspecified atom stereocenters. The van der Waals surface area contributed by atoms with Crippen molar-refractivity contribution in [2.24, 2.45) is 0 Å². The van der Waals surface area contributed by atoms with Crippen LogP contribution in [0.15, 0.2) is 66.2 Å². The van der Waals surface area contributed by atoms with E-state index in [1.165, 1.54) is 6.92 Å². The van der Waals surface area contributed by atoms with Gasteiger partial charge in [-0.1, -0.05) is 60.7 Å². The van der Waals surface area contributed by atoms with Gasteiger partial charge in [0.05, 0.1) is 5.60 Å². The number of aliphatic hydroxyl groups excluding tert-OH is 1. The van der Waals surface area contributed by atoms with Crippen LogP contribution in [0.1, 0.15) is 33.3 Å². The molecule has 0 aliphatic carbocycles. The van der Waals surface area contributed by atoms with Crippen LogP contribution in [0.2, 0.25) is 0 Å². The third kappa shape index (κ3) is 7.27. The molecule has 3 N–H and O–H groups in total. The van der Waals surface area contributed by atoms with Gasteiger partial charge in [0.1, 0.15) is 0 Å². The summed E-state index contributed by atoms with van der Waals surface area (Å²) >= 11 is 0. The van der Waals surface area contributed by atoms with Crippen molar-refractivity contribution >= 4 is 5.97 Å². The summed E-state index contributed by atoms with van der Waals surface area (Å²) in [5, 5.41) is 22.3. The first-order valence-corrected chi connectivity index (χ1v) is 9.32. The van der Waals surface area contributed by atoms with Crippen molar-refractivity contribution in [3.05, 3.63) is 71.8 Å². The van der Waals surface area contributed by atoms with E-state index in [9.17, 15) is 15.0 Å². The number of aliphatic hydroxyl groups is 1. The molecule has 0 saturated carbocycles. The van der Waals surface area contributed by atoms with Crippen molar-refractivity contribution in [1.82, 2.24) is 5.32 Å². The number of hydrogen-bond donors (Lipinski definition) is 3. The van der Waals surface area contributed by atoms with Gasteiger partial charge in [-0.15, -0.1) is 0 Å². The van der Waals surface area contributed by atoms with E-state index in [2.05, 4.69) is 17.4 Å². The van der Waals surface area contributed by atoms with Crippen molar-refractivity contribution in [2.45, 2.75) is 52.2 Å². The predicted octanol–water partition coefficient (Wildman–Crippen LogP) is 3.98. The Morgan fingerprint density at radius 3 is 2.18 bits per heavy atom. The van der Waals surface area contributed by atoms with Crippen LogP contribution in [0.4, 0.5) is 0 Å². The zero-order valence-electron chi connectivity index (χ0n) is 16.8. The van der Waals surface area contributed by atoms with Gasteiger partial charge < -0.3 is 14.9 Å². The highest BCUT2D eigenvalue weighted by molar-refractivity contribution is 5.85. The van der Waals surface area contributed by atoms with Gasteiger partial charge in [0.15, 0.2) is 0 Å². The number of rotatable bonds is 8. The van der Waals surface area contributed by atoms with Gasteiger partial charge >= 0.3 is 5.97 Å². The number of carboxylic acid groups (broad SMARTS) is 1. The van der Waals surface area contributed by atoms with Crippen molar-refractivity contribution in [1.29, 1.82) is 0 Å². The molecule has 0 spiro atoms. The molecule has 5 nitrogen and oxygen atoms in total. The molecule has 0 aliphatic heterocycles. The number of ether oxygens (including phenoxy) is 1. The highest BCUT2D eigenvalue weighted by Crippen LogP contribution is 2.20. The highest BCUT2D eigenvalue weighted by Gasteiger charge is 2.20. The normalized spacial score (nSPS) is 14.5. The summed E-state index contributed by atoms with van der Waals surface area (Å²) in [7, 11) is 0. The van der Waals surface area contributed by atoms with E-state index in [4.69, 9.17) is 4.74 Å². The summed E-state index contributed by atoms with van der Waals surface area (Å²) in [6.45, 7) is 7.06. The van der Waals surface area contributed by atoms with Crippen molar-refractivity contribution < 1.29 is 19.7 Å². The van der Waals surface area contributed by atoms with E-state index in [0.29, 0.717) is 6.42 Å². The van der Waals surface area contributed by atoms with Crippen LogP contribution in [0.25, 0.3) is 11.1 Å². The van der Waals surface area contributed by atoms with Gasteiger partial charge in [-0.05, 0) is 50.8 Å². The average molecular weight is 383 g/mol. The third-order valence-corrected chi connectivity index (χ3v) is 4.13. The largest absolute Gasteiger partial charge is 0.478 e. The van der Waals surface area contributed by atoms with Crippen LogP contribution < -0.4 is 5.32 Å². The topological polar surface area (TPSA) is 78.8 Å². The molecule has 2 aromatic carbocycles. The Labute approximate surface area is 166 Å². The SMILES string of the molecule is C/C(=C/C(Cc1ccc(-c2ccccc2)cc1)NC(O)OC(C)(C)C)C(=O)O. The summed E-state index contributed by atoms with van der Waals surface area (Å²) in [5.41, 5.74) is 2.96. The second kappa shape index (κ2) is 9.64. The first kappa shape index (κ1) is 21.8. The average Bonchev–Trinajstić information content (AvgIpc) is 2.61. The Bertz CT molecular complexity index is 792. The van der Waals surface area contributed by atoms with E-state index in [-0.39, 0.29) is 5.57 Å². The minimum absolute atomic E-state index is 0.210. The van der Waals surface area contributed by atoms with Crippen LogP contribution in [-0.2, 0) is 16.0 Å². The molecular formula is C23H29NO4. The molecule has 28 heavy (non-hydrogen) atoms. The second-order valence-corrected chi connectivity index (χ2v) is 7.78. The Balaban J connectivity index is 2.14. The Morgan fingerprint density at radius 1 is 1.07 bits per heavy atom. The Morgan fingerprint density at radius 2 is 1.64 bits per heavy atom. The van der Waals surface area contributed by atoms with Gasteiger partial charge in [-0.2, -0.15) is 0 Å². The maximum absolute atomic E-state index is 11.2. The van der Waals surface area contributed by atoms with Gasteiger partial charge in [-0.3, -0.25) is 5.32 Å². The molecule has 2 aromatic rings. The van der Waals surface area contributed by atoms with Crippen LogP contribution in [0.5, 0.6) is 0 Å². The van der Waals surface area contributed by atoms with Gasteiger partial charge in [0.2, 0.25) is 6.41 Å². The molecule has 0 saturated heterocycles. The second-order valence-electron chi connectivity index (χ2n) is 7.78. The van der Waals surface area contributed by atoms with E-state index in [1.807, 2.05) is 63.2 Å². The Kier molecular flexibility index (Phi) is 7.52. The minimum Gasteiger partial charge on any atom is -0.478 e. The summed E-state index contributed by atoms with van der Waals surface area (Å²) < 4.78 is 5.49. The van der Waals surface area contributed by atoms with Gasteiger partial charge in [-0.25, -0.2) is 4.79 Å². The lowest BCUT2D eigenvalue weighted by molar-refractivity contribution is -0.183. The van der Waals surface area contributed by atoms with E-state index < -0.39 is 24.0 Å². The fraction of sp³-hybridized carbons (Fsp3) is 0.348. The molecule has 150 valence electrons. The molecule has 5 heteroatoms. The zero-order valence-corrected chi connectivity index (χ0v) is 16.8. The van der Waals surface area contributed by atoms with Crippen LogP contribution in [-0.4, -0.2) is 34.2 Å². The lowest BCUT2D eigenvalue weighted by Gasteiger charge is -2.27. The lowest BCUT2D eigenvalue weighted by Crippen LogP contribution is -2.44. The van der Waals surface area contributed by atoms with Crippen molar-refractivity contribution in [2.75, 3.05) is 0 Å². The summed E-state index contributed by atoms with van der Waals surface area (Å²) in [6.07, 6.45) is 0.916. The van der Waals surface area contributed by atoms with Crippen molar-refractivity contribution in [3.8, 4) is 11.1 Å². The minimum atomic E-state index is -1.20. The first-order chi connectivity index (χ1) is 13.1. The van der Waals surface area contributed by atoms with E-state index >= 15 is 0 Å². The molecular weight excluding hydrogens is 354 g/mol. The number of hydrogen-bond acceptors (Lipinski definition) is 4. The van der Waals surface area contributed by atoms with Crippen molar-refractivity contribution in [3.63, 3.8) is 0 Å².